The Morgan fingerprint density at radius 3 is 2.12 bits per heavy atom. The van der Waals surface area contributed by atoms with E-state index in [1.807, 2.05) is 12.1 Å². The monoisotopic (exact) mass is 485 g/mol. The largest absolute Gasteiger partial charge is 0.497 e. The molecular formula is C23H23N3O5S2. The lowest BCUT2D eigenvalue weighted by atomic mass is 9.99. The van der Waals surface area contributed by atoms with Crippen LogP contribution in [0.25, 0.3) is 0 Å². The summed E-state index contributed by atoms with van der Waals surface area (Å²) < 4.78 is 58.6. The molecule has 3 aromatic rings. The number of benzene rings is 3. The van der Waals surface area contributed by atoms with Gasteiger partial charge in [0.15, 0.2) is 0 Å². The van der Waals surface area contributed by atoms with Crippen molar-refractivity contribution in [2.24, 2.45) is 5.10 Å². The number of hydrogen-bond acceptors (Lipinski definition) is 6. The van der Waals surface area contributed by atoms with E-state index in [-0.39, 0.29) is 4.90 Å². The first-order valence-electron chi connectivity index (χ1n) is 10.1. The van der Waals surface area contributed by atoms with Crippen LogP contribution in [-0.4, -0.2) is 40.3 Å². The highest BCUT2D eigenvalue weighted by molar-refractivity contribution is 7.92. The van der Waals surface area contributed by atoms with E-state index in [2.05, 4.69) is 9.82 Å². The first kappa shape index (κ1) is 22.8. The lowest BCUT2D eigenvalue weighted by Gasteiger charge is -2.23. The van der Waals surface area contributed by atoms with Gasteiger partial charge in [0.25, 0.3) is 10.0 Å². The fourth-order valence-electron chi connectivity index (χ4n) is 3.60. The number of anilines is 1. The molecule has 0 aliphatic carbocycles. The van der Waals surface area contributed by atoms with Gasteiger partial charge < -0.3 is 4.74 Å². The quantitative estimate of drug-likeness (QED) is 0.550. The van der Waals surface area contributed by atoms with Crippen molar-refractivity contribution >= 4 is 31.4 Å². The van der Waals surface area contributed by atoms with Gasteiger partial charge in [-0.25, -0.2) is 8.42 Å². The van der Waals surface area contributed by atoms with E-state index in [1.165, 1.54) is 0 Å². The van der Waals surface area contributed by atoms with E-state index in [0.717, 1.165) is 16.2 Å². The Balaban J connectivity index is 1.72. The van der Waals surface area contributed by atoms with Crippen molar-refractivity contribution in [3.05, 3.63) is 90.0 Å². The molecule has 1 aliphatic heterocycles. The highest BCUT2D eigenvalue weighted by Crippen LogP contribution is 2.37. The maximum Gasteiger partial charge on any atom is 0.279 e. The van der Waals surface area contributed by atoms with Crippen LogP contribution < -0.4 is 9.46 Å². The maximum absolute atomic E-state index is 13.4. The van der Waals surface area contributed by atoms with Gasteiger partial charge in [-0.05, 0) is 47.5 Å². The summed E-state index contributed by atoms with van der Waals surface area (Å²) in [4.78, 5) is 0.154. The number of nitrogens with zero attached hydrogens (tertiary/aromatic N) is 2. The van der Waals surface area contributed by atoms with E-state index in [0.29, 0.717) is 29.1 Å². The zero-order valence-electron chi connectivity index (χ0n) is 18.0. The summed E-state index contributed by atoms with van der Waals surface area (Å²) in [5.74, 6) is 0.671. The molecule has 172 valence electrons. The fourth-order valence-corrected chi connectivity index (χ4v) is 5.62. The Bertz CT molecular complexity index is 1370. The molecule has 0 saturated carbocycles. The molecule has 0 unspecified atom stereocenters. The summed E-state index contributed by atoms with van der Waals surface area (Å²) in [5.41, 5.74) is 2.49. The predicted octanol–water partition coefficient (Wildman–Crippen LogP) is 3.61. The third-order valence-electron chi connectivity index (χ3n) is 5.18. The zero-order chi connectivity index (χ0) is 23.6. The van der Waals surface area contributed by atoms with Crippen molar-refractivity contribution in [2.75, 3.05) is 18.1 Å². The second-order valence-corrected chi connectivity index (χ2v) is 11.1. The molecule has 1 aliphatic rings. The molecule has 0 aromatic heterocycles. The van der Waals surface area contributed by atoms with E-state index in [4.69, 9.17) is 4.74 Å². The summed E-state index contributed by atoms with van der Waals surface area (Å²) in [6.07, 6.45) is 1.44. The highest BCUT2D eigenvalue weighted by atomic mass is 32.2. The molecule has 33 heavy (non-hydrogen) atoms. The molecule has 1 atom stereocenters. The molecule has 1 heterocycles. The molecule has 8 nitrogen and oxygen atoms in total. The van der Waals surface area contributed by atoms with Gasteiger partial charge in [0.1, 0.15) is 5.75 Å². The maximum atomic E-state index is 13.4. The molecule has 3 aromatic carbocycles. The molecule has 10 heteroatoms. The van der Waals surface area contributed by atoms with Gasteiger partial charge in [-0.3, -0.25) is 4.72 Å². The van der Waals surface area contributed by atoms with Crippen LogP contribution in [0.4, 0.5) is 5.69 Å². The van der Waals surface area contributed by atoms with Crippen LogP contribution >= 0.6 is 0 Å². The minimum absolute atomic E-state index is 0.154. The second-order valence-electron chi connectivity index (χ2n) is 7.58. The average Bonchev–Trinajstić information content (AvgIpc) is 3.25. The number of hydrazone groups is 1. The van der Waals surface area contributed by atoms with Gasteiger partial charge in [0.05, 0.1) is 30.0 Å². The second kappa shape index (κ2) is 8.87. The standard InChI is InChI=1S/C23H23N3O5S2/c1-31-20-14-10-18(11-15-20)23-16-22(17-8-12-19(13-9-17)25-32(2,27)28)24-26(23)33(29,30)21-6-4-3-5-7-21/h3-15,23,25H,16H2,1-2H3/t23-/m0/s1. The number of ether oxygens (including phenoxy) is 1. The molecule has 0 spiro atoms. The highest BCUT2D eigenvalue weighted by Gasteiger charge is 2.37. The number of methoxy groups -OCH3 is 1. The Kier molecular flexibility index (Phi) is 6.13. The molecule has 4 rings (SSSR count). The minimum Gasteiger partial charge on any atom is -0.497 e. The Labute approximate surface area is 193 Å². The lowest BCUT2D eigenvalue weighted by Crippen LogP contribution is -2.27. The first-order chi connectivity index (χ1) is 15.7. The van der Waals surface area contributed by atoms with Crippen LogP contribution in [0.2, 0.25) is 0 Å². The molecular weight excluding hydrogens is 462 g/mol. The van der Waals surface area contributed by atoms with E-state index < -0.39 is 26.1 Å². The van der Waals surface area contributed by atoms with Crippen molar-refractivity contribution in [3.63, 3.8) is 0 Å². The van der Waals surface area contributed by atoms with Crippen molar-refractivity contribution in [1.29, 1.82) is 0 Å². The lowest BCUT2D eigenvalue weighted by molar-refractivity contribution is 0.370. The zero-order valence-corrected chi connectivity index (χ0v) is 19.7. The van der Waals surface area contributed by atoms with E-state index >= 15 is 0 Å². The van der Waals surface area contributed by atoms with Gasteiger partial charge in [-0.1, -0.05) is 42.5 Å². The van der Waals surface area contributed by atoms with Gasteiger partial charge in [-0.15, -0.1) is 0 Å². The summed E-state index contributed by atoms with van der Waals surface area (Å²) in [6, 6.07) is 21.5. The SMILES string of the molecule is COc1ccc([C@@H]2CC(c3ccc(NS(C)(=O)=O)cc3)=NN2S(=O)(=O)c2ccccc2)cc1. The van der Waals surface area contributed by atoms with Crippen molar-refractivity contribution < 1.29 is 21.6 Å². The third kappa shape index (κ3) is 5.01. The Morgan fingerprint density at radius 1 is 0.909 bits per heavy atom. The third-order valence-corrected chi connectivity index (χ3v) is 7.48. The first-order valence-corrected chi connectivity index (χ1v) is 13.4. The van der Waals surface area contributed by atoms with Crippen LogP contribution in [0.3, 0.4) is 0 Å². The number of rotatable bonds is 7. The normalized spacial score (nSPS) is 16.4. The summed E-state index contributed by atoms with van der Waals surface area (Å²) in [6.45, 7) is 0. The Hall–Kier alpha value is -3.37. The Morgan fingerprint density at radius 2 is 1.55 bits per heavy atom. The molecule has 0 saturated heterocycles. The average molecular weight is 486 g/mol. The number of hydrogen-bond donors (Lipinski definition) is 1. The van der Waals surface area contributed by atoms with Crippen LogP contribution in [0.15, 0.2) is 88.9 Å². The van der Waals surface area contributed by atoms with Crippen molar-refractivity contribution in [2.45, 2.75) is 17.4 Å². The van der Waals surface area contributed by atoms with Crippen molar-refractivity contribution in [3.8, 4) is 5.75 Å². The van der Waals surface area contributed by atoms with Crippen LogP contribution in [0.5, 0.6) is 5.75 Å². The predicted molar refractivity (Wildman–Crippen MR) is 127 cm³/mol. The number of nitrogens with one attached hydrogen (secondary N) is 1. The molecule has 0 amide bonds. The minimum atomic E-state index is -3.90. The van der Waals surface area contributed by atoms with E-state index in [9.17, 15) is 16.8 Å². The van der Waals surface area contributed by atoms with Gasteiger partial charge in [0, 0.05) is 12.1 Å². The van der Waals surface area contributed by atoms with Gasteiger partial charge in [-0.2, -0.15) is 17.9 Å². The fraction of sp³-hybridized carbons (Fsp3) is 0.174. The van der Waals surface area contributed by atoms with Crippen LogP contribution in [0.1, 0.15) is 23.6 Å². The van der Waals surface area contributed by atoms with Crippen LogP contribution in [0, 0.1) is 0 Å². The van der Waals surface area contributed by atoms with Gasteiger partial charge in [0.2, 0.25) is 10.0 Å². The van der Waals surface area contributed by atoms with Crippen LogP contribution in [-0.2, 0) is 20.0 Å². The molecule has 0 fully saturated rings. The number of sulfonamides is 2. The summed E-state index contributed by atoms with van der Waals surface area (Å²) in [5, 5.41) is 4.50. The van der Waals surface area contributed by atoms with Gasteiger partial charge >= 0.3 is 0 Å². The molecule has 0 bridgehead atoms. The van der Waals surface area contributed by atoms with E-state index in [1.54, 1.807) is 73.8 Å². The summed E-state index contributed by atoms with van der Waals surface area (Å²) in [7, 11) is -5.73. The summed E-state index contributed by atoms with van der Waals surface area (Å²) >= 11 is 0. The molecule has 0 radical (unpaired) electrons. The molecule has 1 N–H and O–H groups in total. The van der Waals surface area contributed by atoms with Crippen molar-refractivity contribution in [1.82, 2.24) is 4.41 Å². The smallest absolute Gasteiger partial charge is 0.279 e. The topological polar surface area (TPSA) is 105 Å².